The number of hydrogen-bond donors (Lipinski definition) is 3. The van der Waals surface area contributed by atoms with E-state index in [4.69, 9.17) is 27.9 Å². The van der Waals surface area contributed by atoms with E-state index in [9.17, 15) is 14.7 Å². The molecule has 0 heterocycles. The molecule has 42 heavy (non-hydrogen) atoms. The maximum atomic E-state index is 13.3. The summed E-state index contributed by atoms with van der Waals surface area (Å²) in [6.07, 6.45) is 0.0873. The van der Waals surface area contributed by atoms with E-state index in [0.717, 1.165) is 22.4 Å². The largest absolute Gasteiger partial charge is 0.480 e. The lowest BCUT2D eigenvalue weighted by atomic mass is 9.99. The first-order chi connectivity index (χ1) is 20.4. The summed E-state index contributed by atoms with van der Waals surface area (Å²) in [6, 6.07) is 35.4. The van der Waals surface area contributed by atoms with Crippen molar-refractivity contribution in [2.45, 2.75) is 12.5 Å². The molecule has 210 valence electrons. The van der Waals surface area contributed by atoms with Gasteiger partial charge in [-0.15, -0.1) is 0 Å². The second kappa shape index (κ2) is 13.3. The highest BCUT2D eigenvalue weighted by molar-refractivity contribution is 6.31. The Balaban J connectivity index is 1.31. The Labute approximate surface area is 253 Å². The number of nitrogens with one attached hydrogen (secondary N) is 2. The van der Waals surface area contributed by atoms with Crippen LogP contribution in [0.4, 0.5) is 11.4 Å². The maximum absolute atomic E-state index is 13.3. The van der Waals surface area contributed by atoms with Gasteiger partial charge in [-0.05, 0) is 71.8 Å². The van der Waals surface area contributed by atoms with Gasteiger partial charge in [-0.3, -0.25) is 4.79 Å². The first-order valence-electron chi connectivity index (χ1n) is 13.1. The Bertz CT molecular complexity index is 1690. The van der Waals surface area contributed by atoms with Crippen molar-refractivity contribution in [2.75, 3.05) is 5.32 Å². The summed E-state index contributed by atoms with van der Waals surface area (Å²) in [6.45, 7) is 0. The predicted octanol–water partition coefficient (Wildman–Crippen LogP) is 8.62. The van der Waals surface area contributed by atoms with Crippen molar-refractivity contribution in [2.24, 2.45) is 0 Å². The summed E-state index contributed by atoms with van der Waals surface area (Å²) >= 11 is 12.2. The van der Waals surface area contributed by atoms with Gasteiger partial charge < -0.3 is 20.5 Å². The summed E-state index contributed by atoms with van der Waals surface area (Å²) in [5.41, 5.74) is 3.97. The van der Waals surface area contributed by atoms with Gasteiger partial charge in [0.05, 0.1) is 11.3 Å². The molecule has 0 spiro atoms. The normalized spacial score (nSPS) is 11.4. The SMILES string of the molecule is O=C(NC(Cc1ccc(-c2ccccc2Oc2ccccc2)cc1)C(=O)O)c1cc(Cl)ccc1Nc1ccc(Cl)cc1. The molecule has 5 aromatic carbocycles. The Kier molecular flexibility index (Phi) is 9.07. The average molecular weight is 597 g/mol. The minimum Gasteiger partial charge on any atom is -0.480 e. The van der Waals surface area contributed by atoms with E-state index in [-0.39, 0.29) is 12.0 Å². The molecule has 0 aliphatic heterocycles. The molecule has 0 fully saturated rings. The van der Waals surface area contributed by atoms with Crippen LogP contribution in [-0.2, 0) is 11.2 Å². The second-order valence-corrected chi connectivity index (χ2v) is 10.4. The van der Waals surface area contributed by atoms with Gasteiger partial charge >= 0.3 is 5.97 Å². The van der Waals surface area contributed by atoms with Crippen LogP contribution in [0.5, 0.6) is 11.5 Å². The van der Waals surface area contributed by atoms with E-state index in [1.54, 1.807) is 36.4 Å². The number of carboxylic acids is 1. The molecule has 0 aromatic heterocycles. The molecule has 3 N–H and O–H groups in total. The summed E-state index contributed by atoms with van der Waals surface area (Å²) < 4.78 is 6.09. The number of hydrogen-bond acceptors (Lipinski definition) is 4. The van der Waals surface area contributed by atoms with Crippen LogP contribution in [0.25, 0.3) is 11.1 Å². The highest BCUT2D eigenvalue weighted by Gasteiger charge is 2.23. The zero-order chi connectivity index (χ0) is 29.5. The van der Waals surface area contributed by atoms with Gasteiger partial charge in [0, 0.05) is 27.7 Å². The molecular formula is C34H26Cl2N2O4. The third-order valence-electron chi connectivity index (χ3n) is 6.52. The quantitative estimate of drug-likeness (QED) is 0.150. The van der Waals surface area contributed by atoms with Crippen LogP contribution in [-0.4, -0.2) is 23.0 Å². The molecule has 0 saturated carbocycles. The van der Waals surface area contributed by atoms with Crippen LogP contribution in [0.15, 0.2) is 121 Å². The van der Waals surface area contributed by atoms with Crippen molar-refractivity contribution < 1.29 is 19.4 Å². The van der Waals surface area contributed by atoms with E-state index >= 15 is 0 Å². The molecular weight excluding hydrogens is 571 g/mol. The summed E-state index contributed by atoms with van der Waals surface area (Å²) in [4.78, 5) is 25.5. The number of carboxylic acid groups (broad SMARTS) is 1. The average Bonchev–Trinajstić information content (AvgIpc) is 3.00. The lowest BCUT2D eigenvalue weighted by Gasteiger charge is -2.18. The topological polar surface area (TPSA) is 87.7 Å². The van der Waals surface area contributed by atoms with Crippen LogP contribution < -0.4 is 15.4 Å². The number of aliphatic carboxylic acids is 1. The van der Waals surface area contributed by atoms with Crippen molar-refractivity contribution in [3.8, 4) is 22.6 Å². The van der Waals surface area contributed by atoms with Crippen molar-refractivity contribution in [1.82, 2.24) is 5.32 Å². The van der Waals surface area contributed by atoms with Crippen molar-refractivity contribution >= 4 is 46.5 Å². The molecule has 5 aromatic rings. The first kappa shape index (κ1) is 28.7. The highest BCUT2D eigenvalue weighted by Crippen LogP contribution is 2.33. The van der Waals surface area contributed by atoms with Crippen LogP contribution >= 0.6 is 23.2 Å². The first-order valence-corrected chi connectivity index (χ1v) is 13.9. The minimum absolute atomic E-state index is 0.0873. The van der Waals surface area contributed by atoms with Gasteiger partial charge in [-0.2, -0.15) is 0 Å². The van der Waals surface area contributed by atoms with Crippen molar-refractivity contribution in [3.63, 3.8) is 0 Å². The Hall–Kier alpha value is -4.78. The fourth-order valence-corrected chi connectivity index (χ4v) is 4.70. The molecule has 0 saturated heterocycles. The van der Waals surface area contributed by atoms with Crippen LogP contribution in [0.1, 0.15) is 15.9 Å². The number of amides is 1. The second-order valence-electron chi connectivity index (χ2n) is 9.50. The third kappa shape index (κ3) is 7.29. The molecule has 0 aliphatic carbocycles. The standard InChI is InChI=1S/C34H26Cl2N2O4/c35-24-14-17-26(18-15-24)37-30-19-16-25(36)21-29(30)33(39)38-31(34(40)41)20-22-10-12-23(13-11-22)28-8-4-5-9-32(28)42-27-6-2-1-3-7-27/h1-19,21,31,37H,20H2,(H,38,39)(H,40,41). The molecule has 0 aliphatic rings. The Morgan fingerprint density at radius 1 is 0.762 bits per heavy atom. The van der Waals surface area contributed by atoms with E-state index in [1.807, 2.05) is 78.9 Å². The number of anilines is 2. The van der Waals surface area contributed by atoms with Gasteiger partial charge in [0.15, 0.2) is 0 Å². The van der Waals surface area contributed by atoms with E-state index in [2.05, 4.69) is 10.6 Å². The van der Waals surface area contributed by atoms with E-state index in [1.165, 1.54) is 6.07 Å². The molecule has 1 unspecified atom stereocenters. The number of benzene rings is 5. The van der Waals surface area contributed by atoms with Crippen molar-refractivity contribution in [1.29, 1.82) is 0 Å². The van der Waals surface area contributed by atoms with Crippen LogP contribution in [0.3, 0.4) is 0 Å². The predicted molar refractivity (Wildman–Crippen MR) is 167 cm³/mol. The van der Waals surface area contributed by atoms with Gasteiger partial charge in [0.25, 0.3) is 5.91 Å². The van der Waals surface area contributed by atoms with E-state index in [0.29, 0.717) is 27.2 Å². The highest BCUT2D eigenvalue weighted by atomic mass is 35.5. The summed E-state index contributed by atoms with van der Waals surface area (Å²) in [7, 11) is 0. The molecule has 1 atom stereocenters. The van der Waals surface area contributed by atoms with Crippen molar-refractivity contribution in [3.05, 3.63) is 142 Å². The number of para-hydroxylation sites is 2. The maximum Gasteiger partial charge on any atom is 0.326 e. The van der Waals surface area contributed by atoms with Crippen LogP contribution in [0.2, 0.25) is 10.0 Å². The monoisotopic (exact) mass is 596 g/mol. The zero-order valence-electron chi connectivity index (χ0n) is 22.3. The molecule has 0 bridgehead atoms. The van der Waals surface area contributed by atoms with Gasteiger partial charge in [-0.25, -0.2) is 4.79 Å². The number of carbonyl (C=O) groups is 2. The molecule has 8 heteroatoms. The smallest absolute Gasteiger partial charge is 0.326 e. The van der Waals surface area contributed by atoms with Gasteiger partial charge in [0.1, 0.15) is 17.5 Å². The van der Waals surface area contributed by atoms with Gasteiger partial charge in [-0.1, -0.05) is 83.9 Å². The summed E-state index contributed by atoms with van der Waals surface area (Å²) in [5, 5.41) is 16.7. The number of ether oxygens (including phenoxy) is 1. The van der Waals surface area contributed by atoms with E-state index < -0.39 is 17.9 Å². The lowest BCUT2D eigenvalue weighted by molar-refractivity contribution is -0.139. The Morgan fingerprint density at radius 3 is 2.14 bits per heavy atom. The number of carbonyl (C=O) groups excluding carboxylic acids is 1. The number of halogens is 2. The molecule has 0 radical (unpaired) electrons. The zero-order valence-corrected chi connectivity index (χ0v) is 23.8. The molecule has 5 rings (SSSR count). The lowest BCUT2D eigenvalue weighted by Crippen LogP contribution is -2.42. The third-order valence-corrected chi connectivity index (χ3v) is 7.00. The number of rotatable bonds is 10. The van der Waals surface area contributed by atoms with Crippen LogP contribution in [0, 0.1) is 0 Å². The molecule has 1 amide bonds. The fraction of sp³-hybridized carbons (Fsp3) is 0.0588. The molecule has 6 nitrogen and oxygen atoms in total. The van der Waals surface area contributed by atoms with Gasteiger partial charge in [0.2, 0.25) is 0 Å². The minimum atomic E-state index is -1.17. The summed E-state index contributed by atoms with van der Waals surface area (Å²) in [5.74, 6) is -0.280. The Morgan fingerprint density at radius 2 is 1.43 bits per heavy atom. The fourth-order valence-electron chi connectivity index (χ4n) is 4.40.